The second kappa shape index (κ2) is 5.31. The van der Waals surface area contributed by atoms with Gasteiger partial charge in [0, 0.05) is 12.1 Å². The summed E-state index contributed by atoms with van der Waals surface area (Å²) in [6.45, 7) is -0.0513. The van der Waals surface area contributed by atoms with E-state index in [9.17, 15) is 13.2 Å². The van der Waals surface area contributed by atoms with Gasteiger partial charge in [-0.25, -0.2) is 13.2 Å². The number of hydrogen-bond acceptors (Lipinski definition) is 1. The quantitative estimate of drug-likeness (QED) is 0.874. The molecule has 0 bridgehead atoms. The molecule has 0 aliphatic heterocycles. The van der Waals surface area contributed by atoms with Gasteiger partial charge in [0.15, 0.2) is 0 Å². The van der Waals surface area contributed by atoms with Crippen molar-refractivity contribution in [3.63, 3.8) is 0 Å². The van der Waals surface area contributed by atoms with Crippen LogP contribution in [-0.2, 0) is 6.54 Å². The van der Waals surface area contributed by atoms with Gasteiger partial charge in [0.05, 0.1) is 10.7 Å². The zero-order chi connectivity index (χ0) is 13.1. The number of anilines is 1. The van der Waals surface area contributed by atoms with Crippen molar-refractivity contribution in [1.82, 2.24) is 0 Å². The summed E-state index contributed by atoms with van der Waals surface area (Å²) in [5.41, 5.74) is 0.178. The van der Waals surface area contributed by atoms with Crippen molar-refractivity contribution in [2.24, 2.45) is 0 Å². The van der Waals surface area contributed by atoms with E-state index in [0.29, 0.717) is 0 Å². The lowest BCUT2D eigenvalue weighted by Crippen LogP contribution is -2.04. The van der Waals surface area contributed by atoms with Crippen LogP contribution in [0.3, 0.4) is 0 Å². The molecule has 0 amide bonds. The van der Waals surface area contributed by atoms with Gasteiger partial charge in [-0.2, -0.15) is 0 Å². The van der Waals surface area contributed by atoms with Crippen molar-refractivity contribution >= 4 is 17.3 Å². The Labute approximate surface area is 107 Å². The number of halogens is 4. The van der Waals surface area contributed by atoms with Crippen molar-refractivity contribution < 1.29 is 13.2 Å². The normalized spacial score (nSPS) is 10.4. The number of rotatable bonds is 3. The third-order valence-corrected chi connectivity index (χ3v) is 2.74. The zero-order valence-corrected chi connectivity index (χ0v) is 9.94. The maximum absolute atomic E-state index is 13.4. The number of benzene rings is 2. The number of para-hydroxylation sites is 1. The Morgan fingerprint density at radius 2 is 1.78 bits per heavy atom. The third-order valence-electron chi connectivity index (χ3n) is 2.43. The molecule has 0 heterocycles. The topological polar surface area (TPSA) is 12.0 Å². The maximum Gasteiger partial charge on any atom is 0.147 e. The Hall–Kier alpha value is -1.68. The van der Waals surface area contributed by atoms with Crippen LogP contribution >= 0.6 is 11.6 Å². The monoisotopic (exact) mass is 271 g/mol. The number of hydrogen-bond donors (Lipinski definition) is 1. The molecule has 94 valence electrons. The van der Waals surface area contributed by atoms with Gasteiger partial charge >= 0.3 is 0 Å². The summed E-state index contributed by atoms with van der Waals surface area (Å²) in [6, 6.07) is 7.30. The molecule has 0 saturated carbocycles. The third kappa shape index (κ3) is 2.76. The molecule has 0 spiro atoms. The van der Waals surface area contributed by atoms with E-state index in [1.54, 1.807) is 0 Å². The summed E-state index contributed by atoms with van der Waals surface area (Å²) >= 11 is 5.80. The van der Waals surface area contributed by atoms with Gasteiger partial charge in [-0.05, 0) is 30.3 Å². The van der Waals surface area contributed by atoms with Crippen molar-refractivity contribution in [3.05, 3.63) is 64.4 Å². The molecule has 5 heteroatoms. The maximum atomic E-state index is 13.4. The molecule has 0 radical (unpaired) electrons. The lowest BCUT2D eigenvalue weighted by molar-refractivity contribution is 0.587. The molecular formula is C13H9ClF3N. The first kappa shape index (κ1) is 12.8. The van der Waals surface area contributed by atoms with Gasteiger partial charge in [0.1, 0.15) is 17.5 Å². The summed E-state index contributed by atoms with van der Waals surface area (Å²) in [5.74, 6) is -1.65. The first-order valence-corrected chi connectivity index (χ1v) is 5.57. The highest BCUT2D eigenvalue weighted by molar-refractivity contribution is 6.33. The van der Waals surface area contributed by atoms with Crippen LogP contribution in [0.25, 0.3) is 0 Å². The van der Waals surface area contributed by atoms with Crippen LogP contribution < -0.4 is 5.32 Å². The highest BCUT2D eigenvalue weighted by atomic mass is 35.5. The van der Waals surface area contributed by atoms with Crippen molar-refractivity contribution in [2.45, 2.75) is 6.54 Å². The Morgan fingerprint density at radius 3 is 2.50 bits per heavy atom. The van der Waals surface area contributed by atoms with Gasteiger partial charge in [-0.1, -0.05) is 17.7 Å². The van der Waals surface area contributed by atoms with Gasteiger partial charge < -0.3 is 5.32 Å². The standard InChI is InChI=1S/C13H9ClF3N/c14-10-2-1-3-12(17)13(10)18-7-8-6-9(15)4-5-11(8)16/h1-6,18H,7H2. The molecule has 0 aromatic heterocycles. The summed E-state index contributed by atoms with van der Waals surface area (Å²) in [4.78, 5) is 0. The van der Waals surface area contributed by atoms with Crippen LogP contribution in [0.5, 0.6) is 0 Å². The minimum absolute atomic E-state index is 0.0513. The van der Waals surface area contributed by atoms with E-state index in [0.717, 1.165) is 18.2 Å². The second-order valence-electron chi connectivity index (χ2n) is 3.69. The van der Waals surface area contributed by atoms with Gasteiger partial charge in [0.25, 0.3) is 0 Å². The van der Waals surface area contributed by atoms with E-state index in [4.69, 9.17) is 11.6 Å². The highest BCUT2D eigenvalue weighted by Crippen LogP contribution is 2.25. The van der Waals surface area contributed by atoms with Crippen molar-refractivity contribution in [3.8, 4) is 0 Å². The van der Waals surface area contributed by atoms with Gasteiger partial charge in [-0.15, -0.1) is 0 Å². The average Bonchev–Trinajstić information content (AvgIpc) is 2.33. The van der Waals surface area contributed by atoms with E-state index in [1.165, 1.54) is 18.2 Å². The molecule has 1 nitrogen and oxygen atoms in total. The highest BCUT2D eigenvalue weighted by Gasteiger charge is 2.08. The molecule has 0 saturated heterocycles. The predicted molar refractivity (Wildman–Crippen MR) is 65.1 cm³/mol. The molecule has 18 heavy (non-hydrogen) atoms. The second-order valence-corrected chi connectivity index (χ2v) is 4.09. The van der Waals surface area contributed by atoms with Crippen LogP contribution in [0.4, 0.5) is 18.9 Å². The van der Waals surface area contributed by atoms with E-state index in [1.807, 2.05) is 0 Å². The molecule has 0 fully saturated rings. The fourth-order valence-electron chi connectivity index (χ4n) is 1.53. The Morgan fingerprint density at radius 1 is 1.00 bits per heavy atom. The average molecular weight is 272 g/mol. The van der Waals surface area contributed by atoms with E-state index < -0.39 is 17.5 Å². The zero-order valence-electron chi connectivity index (χ0n) is 9.18. The molecule has 0 unspecified atom stereocenters. The molecule has 2 aromatic rings. The molecular weight excluding hydrogens is 263 g/mol. The van der Waals surface area contributed by atoms with Gasteiger partial charge in [0.2, 0.25) is 0 Å². The van der Waals surface area contributed by atoms with Crippen LogP contribution in [0.1, 0.15) is 5.56 Å². The van der Waals surface area contributed by atoms with Crippen molar-refractivity contribution in [2.75, 3.05) is 5.32 Å². The van der Waals surface area contributed by atoms with Gasteiger partial charge in [-0.3, -0.25) is 0 Å². The summed E-state index contributed by atoms with van der Waals surface area (Å²) in [7, 11) is 0. The van der Waals surface area contributed by atoms with Crippen LogP contribution in [0, 0.1) is 17.5 Å². The van der Waals surface area contributed by atoms with Crippen LogP contribution in [-0.4, -0.2) is 0 Å². The largest absolute Gasteiger partial charge is 0.377 e. The molecule has 2 aromatic carbocycles. The predicted octanol–water partition coefficient (Wildman–Crippen LogP) is 4.37. The minimum atomic E-state index is -0.559. The summed E-state index contributed by atoms with van der Waals surface area (Å²) in [6.07, 6.45) is 0. The lowest BCUT2D eigenvalue weighted by atomic mass is 10.2. The SMILES string of the molecule is Fc1ccc(F)c(CNc2c(F)cccc2Cl)c1. The van der Waals surface area contributed by atoms with E-state index in [-0.39, 0.29) is 22.8 Å². The first-order valence-electron chi connectivity index (χ1n) is 5.20. The van der Waals surface area contributed by atoms with E-state index >= 15 is 0 Å². The molecule has 2 rings (SSSR count). The summed E-state index contributed by atoms with van der Waals surface area (Å²) in [5, 5.41) is 2.84. The molecule has 0 aliphatic carbocycles. The smallest absolute Gasteiger partial charge is 0.147 e. The Bertz CT molecular complexity index is 552. The minimum Gasteiger partial charge on any atom is -0.377 e. The molecule has 0 atom stereocenters. The molecule has 0 aliphatic rings. The fourth-order valence-corrected chi connectivity index (χ4v) is 1.76. The molecule has 1 N–H and O–H groups in total. The Balaban J connectivity index is 2.19. The summed E-state index contributed by atoms with van der Waals surface area (Å²) < 4.78 is 39.7. The van der Waals surface area contributed by atoms with Crippen molar-refractivity contribution in [1.29, 1.82) is 0 Å². The van der Waals surface area contributed by atoms with Crippen LogP contribution in [0.15, 0.2) is 36.4 Å². The fraction of sp³-hybridized carbons (Fsp3) is 0.0769. The Kier molecular flexibility index (Phi) is 3.77. The van der Waals surface area contributed by atoms with E-state index in [2.05, 4.69) is 5.32 Å². The van der Waals surface area contributed by atoms with Crippen LogP contribution in [0.2, 0.25) is 5.02 Å². The first-order chi connectivity index (χ1) is 8.58. The lowest BCUT2D eigenvalue weighted by Gasteiger charge is -2.10. The number of nitrogens with one attached hydrogen (secondary N) is 1.